The zero-order chi connectivity index (χ0) is 19.6. The molecule has 2 N–H and O–H groups in total. The van der Waals surface area contributed by atoms with Crippen LogP contribution in [-0.4, -0.2) is 18.9 Å². The molecule has 0 bridgehead atoms. The number of halogens is 2. The molecule has 1 fully saturated rings. The summed E-state index contributed by atoms with van der Waals surface area (Å²) in [5, 5.41) is 4.87. The van der Waals surface area contributed by atoms with Gasteiger partial charge >= 0.3 is 0 Å². The molecule has 0 saturated heterocycles. The summed E-state index contributed by atoms with van der Waals surface area (Å²) in [7, 11) is 1.39. The van der Waals surface area contributed by atoms with Crippen LogP contribution in [0.15, 0.2) is 40.8 Å². The van der Waals surface area contributed by atoms with Crippen molar-refractivity contribution < 1.29 is 22.8 Å². The number of furan rings is 1. The molecule has 1 aliphatic rings. The third kappa shape index (κ3) is 4.42. The monoisotopic (exact) mass is 374 g/mol. The Bertz CT molecular complexity index is 891. The van der Waals surface area contributed by atoms with Crippen molar-refractivity contribution in [2.75, 3.05) is 7.05 Å². The number of nitrogens with one attached hydrogen (secondary N) is 2. The van der Waals surface area contributed by atoms with Crippen LogP contribution in [0.5, 0.6) is 0 Å². The molecule has 0 spiro atoms. The highest BCUT2D eigenvalue weighted by atomic mass is 19.2. The van der Waals surface area contributed by atoms with Crippen LogP contribution in [-0.2, 0) is 9.59 Å². The zero-order valence-electron chi connectivity index (χ0n) is 15.0. The minimum absolute atomic E-state index is 0.137. The fourth-order valence-electron chi connectivity index (χ4n) is 2.86. The number of amides is 2. The fourth-order valence-corrected chi connectivity index (χ4v) is 2.86. The molecule has 3 unspecified atom stereocenters. The molecule has 3 rings (SSSR count). The van der Waals surface area contributed by atoms with Crippen molar-refractivity contribution in [3.05, 3.63) is 65.1 Å². The van der Waals surface area contributed by atoms with Crippen LogP contribution in [0.3, 0.4) is 0 Å². The lowest BCUT2D eigenvalue weighted by molar-refractivity contribution is -0.126. The summed E-state index contributed by atoms with van der Waals surface area (Å²) < 4.78 is 32.3. The Morgan fingerprint density at radius 3 is 2.59 bits per heavy atom. The first-order valence-corrected chi connectivity index (χ1v) is 8.64. The highest BCUT2D eigenvalue weighted by Crippen LogP contribution is 2.47. The lowest BCUT2D eigenvalue weighted by atomic mass is 10.1. The fraction of sp³-hybridized carbons (Fsp3) is 0.300. The number of hydrogen-bond acceptors (Lipinski definition) is 3. The van der Waals surface area contributed by atoms with Gasteiger partial charge in [-0.25, -0.2) is 8.78 Å². The molecule has 1 aliphatic carbocycles. The van der Waals surface area contributed by atoms with E-state index in [4.69, 9.17) is 4.42 Å². The molecular weight excluding hydrogens is 354 g/mol. The van der Waals surface area contributed by atoms with Crippen LogP contribution < -0.4 is 10.6 Å². The Hall–Kier alpha value is -2.96. The molecule has 2 amide bonds. The van der Waals surface area contributed by atoms with Gasteiger partial charge in [0.1, 0.15) is 17.6 Å². The Balaban J connectivity index is 1.69. The van der Waals surface area contributed by atoms with E-state index in [0.717, 1.165) is 24.3 Å². The normalized spacial score (nSPS) is 19.7. The molecular formula is C20H20F2N2O3. The number of likely N-dealkylation sites (N-methyl/N-ethyl adjacent to an activating group) is 1. The van der Waals surface area contributed by atoms with E-state index in [1.165, 1.54) is 25.3 Å². The molecule has 7 heteroatoms. The minimum atomic E-state index is -1.15. The minimum Gasteiger partial charge on any atom is -0.461 e. The third-order valence-corrected chi connectivity index (χ3v) is 4.59. The third-order valence-electron chi connectivity index (χ3n) is 4.59. The maximum Gasteiger partial charge on any atom is 0.246 e. The van der Waals surface area contributed by atoms with Gasteiger partial charge < -0.3 is 15.1 Å². The second-order valence-electron chi connectivity index (χ2n) is 6.62. The van der Waals surface area contributed by atoms with Crippen molar-refractivity contribution in [3.8, 4) is 0 Å². The van der Waals surface area contributed by atoms with E-state index in [9.17, 15) is 18.4 Å². The van der Waals surface area contributed by atoms with Gasteiger partial charge in [0.05, 0.1) is 0 Å². The first-order valence-electron chi connectivity index (χ1n) is 8.64. The van der Waals surface area contributed by atoms with Crippen LogP contribution in [0.4, 0.5) is 8.78 Å². The van der Waals surface area contributed by atoms with Crippen molar-refractivity contribution in [1.29, 1.82) is 0 Å². The molecule has 142 valence electrons. The number of benzene rings is 1. The Morgan fingerprint density at radius 1 is 1.22 bits per heavy atom. The predicted molar refractivity (Wildman–Crippen MR) is 95.6 cm³/mol. The average molecular weight is 374 g/mol. The zero-order valence-corrected chi connectivity index (χ0v) is 15.0. The van der Waals surface area contributed by atoms with Gasteiger partial charge in [-0.2, -0.15) is 0 Å². The first-order chi connectivity index (χ1) is 12.9. The van der Waals surface area contributed by atoms with Crippen molar-refractivity contribution in [1.82, 2.24) is 10.6 Å². The van der Waals surface area contributed by atoms with E-state index in [1.807, 2.05) is 6.07 Å². The molecule has 1 aromatic heterocycles. The second-order valence-corrected chi connectivity index (χ2v) is 6.62. The van der Waals surface area contributed by atoms with Crippen LogP contribution in [0.2, 0.25) is 0 Å². The van der Waals surface area contributed by atoms with Gasteiger partial charge in [-0.3, -0.25) is 9.59 Å². The highest BCUT2D eigenvalue weighted by molar-refractivity contribution is 5.95. The lowest BCUT2D eigenvalue weighted by Crippen LogP contribution is -2.38. The summed E-state index contributed by atoms with van der Waals surface area (Å²) >= 11 is 0. The summed E-state index contributed by atoms with van der Waals surface area (Å²) in [5.74, 6) is -0.761. The van der Waals surface area contributed by atoms with Gasteiger partial charge in [0.15, 0.2) is 11.6 Å². The van der Waals surface area contributed by atoms with E-state index in [2.05, 4.69) is 17.6 Å². The average Bonchev–Trinajstić information content (AvgIpc) is 3.19. The summed E-state index contributed by atoms with van der Waals surface area (Å²) in [6.45, 7) is 2.15. The van der Waals surface area contributed by atoms with Gasteiger partial charge in [-0.1, -0.05) is 13.0 Å². The number of carbonyl (C=O) groups is 2. The lowest BCUT2D eigenvalue weighted by Gasteiger charge is -2.17. The van der Waals surface area contributed by atoms with Gasteiger partial charge in [-0.15, -0.1) is 0 Å². The number of carbonyl (C=O) groups excluding carboxylic acids is 2. The van der Waals surface area contributed by atoms with E-state index in [0.29, 0.717) is 17.6 Å². The first kappa shape index (κ1) is 18.8. The molecule has 0 aliphatic heterocycles. The topological polar surface area (TPSA) is 71.3 Å². The van der Waals surface area contributed by atoms with Crippen LogP contribution in [0.25, 0.3) is 6.08 Å². The second kappa shape index (κ2) is 7.73. The Kier molecular flexibility index (Phi) is 5.39. The van der Waals surface area contributed by atoms with E-state index >= 15 is 0 Å². The summed E-state index contributed by atoms with van der Waals surface area (Å²) in [4.78, 5) is 24.2. The summed E-state index contributed by atoms with van der Waals surface area (Å²) in [6.07, 6.45) is 3.83. The van der Waals surface area contributed by atoms with Crippen molar-refractivity contribution in [2.24, 2.45) is 5.92 Å². The molecule has 1 aromatic carbocycles. The Morgan fingerprint density at radius 2 is 1.96 bits per heavy atom. The molecule has 3 atom stereocenters. The highest BCUT2D eigenvalue weighted by Gasteiger charge is 2.36. The van der Waals surface area contributed by atoms with Crippen LogP contribution in [0.1, 0.15) is 42.4 Å². The maximum absolute atomic E-state index is 13.5. The maximum atomic E-state index is 13.5. The molecule has 5 nitrogen and oxygen atoms in total. The van der Waals surface area contributed by atoms with Crippen LogP contribution >= 0.6 is 0 Å². The molecule has 0 radical (unpaired) electrons. The molecule has 27 heavy (non-hydrogen) atoms. The molecule has 1 saturated carbocycles. The summed E-state index contributed by atoms with van der Waals surface area (Å²) in [6, 6.07) is 5.55. The molecule has 1 heterocycles. The Labute approximate surface area is 155 Å². The van der Waals surface area contributed by atoms with E-state index < -0.39 is 29.5 Å². The SMILES string of the molecule is CNC(=O)C(NC(=O)C=Cc1ccc(C2CC2C)o1)c1ccc(F)c(F)c1. The quantitative estimate of drug-likeness (QED) is 0.762. The molecule has 2 aromatic rings. The standard InChI is InChI=1S/C20H20F2N2O3/c1-11-9-14(11)17-7-4-13(27-17)5-8-18(25)24-19(20(26)23-2)12-3-6-15(21)16(22)10-12/h3-8,10-11,14,19H,9H2,1-2H3,(H,23,26)(H,24,25). The van der Waals surface area contributed by atoms with Crippen LogP contribution in [0, 0.1) is 17.6 Å². The van der Waals surface area contributed by atoms with Gasteiger partial charge in [-0.05, 0) is 48.2 Å². The number of hydrogen-bond donors (Lipinski definition) is 2. The summed E-state index contributed by atoms with van der Waals surface area (Å²) in [5.41, 5.74) is 0.137. The largest absolute Gasteiger partial charge is 0.461 e. The van der Waals surface area contributed by atoms with Crippen molar-refractivity contribution in [3.63, 3.8) is 0 Å². The van der Waals surface area contributed by atoms with Crippen molar-refractivity contribution >= 4 is 17.9 Å². The smallest absolute Gasteiger partial charge is 0.246 e. The predicted octanol–water partition coefficient (Wildman–Crippen LogP) is 3.30. The number of rotatable bonds is 6. The van der Waals surface area contributed by atoms with Gasteiger partial charge in [0, 0.05) is 19.0 Å². The van der Waals surface area contributed by atoms with Gasteiger partial charge in [0.25, 0.3) is 0 Å². The van der Waals surface area contributed by atoms with Gasteiger partial charge in [0.2, 0.25) is 11.8 Å². The van der Waals surface area contributed by atoms with Crippen molar-refractivity contribution in [2.45, 2.75) is 25.3 Å². The van der Waals surface area contributed by atoms with E-state index in [-0.39, 0.29) is 5.56 Å². The van der Waals surface area contributed by atoms with E-state index in [1.54, 1.807) is 6.07 Å².